The third kappa shape index (κ3) is 3.83. The van der Waals surface area contributed by atoms with Gasteiger partial charge in [0.25, 0.3) is 5.91 Å². The molecule has 0 aromatic heterocycles. The van der Waals surface area contributed by atoms with Gasteiger partial charge in [0.2, 0.25) is 0 Å². The maximum atomic E-state index is 13.2. The first kappa shape index (κ1) is 19.0. The van der Waals surface area contributed by atoms with Crippen molar-refractivity contribution < 1.29 is 9.69 Å². The second-order valence-electron chi connectivity index (χ2n) is 6.46. The van der Waals surface area contributed by atoms with Gasteiger partial charge in [0.1, 0.15) is 6.17 Å². The van der Waals surface area contributed by atoms with E-state index in [4.69, 9.17) is 23.2 Å². The van der Waals surface area contributed by atoms with Gasteiger partial charge in [-0.1, -0.05) is 41.4 Å². The molecule has 1 atom stereocenters. The van der Waals surface area contributed by atoms with Gasteiger partial charge in [-0.15, -0.1) is 0 Å². The largest absolute Gasteiger partial charge is 0.361 e. The molecule has 0 saturated carbocycles. The summed E-state index contributed by atoms with van der Waals surface area (Å²) in [5.41, 5.74) is 2.39. The summed E-state index contributed by atoms with van der Waals surface area (Å²) in [4.78, 5) is 16.5. The number of carbonyl (C=O) groups is 1. The van der Waals surface area contributed by atoms with Crippen molar-refractivity contribution in [1.29, 1.82) is 0 Å². The molecule has 0 unspecified atom stereocenters. The van der Waals surface area contributed by atoms with E-state index in [9.17, 15) is 4.79 Å². The number of amides is 1. The Morgan fingerprint density at radius 2 is 1.85 bits per heavy atom. The van der Waals surface area contributed by atoms with Crippen molar-refractivity contribution in [1.82, 2.24) is 4.90 Å². The zero-order valence-electron chi connectivity index (χ0n) is 15.1. The maximum Gasteiger partial charge on any atom is 0.258 e. The van der Waals surface area contributed by atoms with Crippen LogP contribution in [0.15, 0.2) is 42.5 Å². The summed E-state index contributed by atoms with van der Waals surface area (Å²) >= 11 is 12.5. The summed E-state index contributed by atoms with van der Waals surface area (Å²) < 4.78 is 0. The highest BCUT2D eigenvalue weighted by atomic mass is 35.5. The van der Waals surface area contributed by atoms with Crippen molar-refractivity contribution in [2.75, 3.05) is 31.5 Å². The lowest BCUT2D eigenvalue weighted by Gasteiger charge is -2.38. The maximum absolute atomic E-state index is 13.2. The van der Waals surface area contributed by atoms with Crippen LogP contribution in [-0.4, -0.2) is 37.0 Å². The van der Waals surface area contributed by atoms with Crippen LogP contribution in [0.25, 0.3) is 0 Å². The minimum absolute atomic E-state index is 0.0296. The van der Waals surface area contributed by atoms with E-state index in [0.29, 0.717) is 22.2 Å². The lowest BCUT2D eigenvalue weighted by molar-refractivity contribution is -0.895. The molecule has 1 heterocycles. The van der Waals surface area contributed by atoms with Crippen molar-refractivity contribution in [3.63, 3.8) is 0 Å². The number of para-hydroxylation sites is 1. The molecular weight excluding hydrogens is 369 g/mol. The minimum atomic E-state index is -0.308. The lowest BCUT2D eigenvalue weighted by Crippen LogP contribution is -3.12. The van der Waals surface area contributed by atoms with Crippen molar-refractivity contribution >= 4 is 34.8 Å². The lowest BCUT2D eigenvalue weighted by atomic mass is 10.0. The molecule has 0 bridgehead atoms. The molecule has 1 aliphatic heterocycles. The number of halogens is 2. The predicted molar refractivity (Wildman–Crippen MR) is 107 cm³/mol. The Balaban J connectivity index is 1.96. The average molecular weight is 393 g/mol. The number of benzene rings is 2. The molecule has 4 nitrogen and oxygen atoms in total. The number of hydrogen-bond donors (Lipinski definition) is 2. The first-order valence-corrected chi connectivity index (χ1v) is 9.75. The summed E-state index contributed by atoms with van der Waals surface area (Å²) in [6.45, 7) is 7.95. The van der Waals surface area contributed by atoms with E-state index in [2.05, 4.69) is 19.2 Å². The molecular formula is C20H24Cl2N3O+. The minimum Gasteiger partial charge on any atom is -0.361 e. The van der Waals surface area contributed by atoms with Crippen LogP contribution in [0.5, 0.6) is 0 Å². The topological polar surface area (TPSA) is 36.8 Å². The molecule has 1 aliphatic rings. The molecule has 138 valence electrons. The zero-order chi connectivity index (χ0) is 18.7. The van der Waals surface area contributed by atoms with Crippen LogP contribution in [0.4, 0.5) is 5.69 Å². The summed E-state index contributed by atoms with van der Waals surface area (Å²) in [6.07, 6.45) is -0.308. The van der Waals surface area contributed by atoms with Gasteiger partial charge in [0.15, 0.2) is 0 Å². The summed E-state index contributed by atoms with van der Waals surface area (Å²) in [7, 11) is 0. The first-order chi connectivity index (χ1) is 12.5. The molecule has 0 fully saturated rings. The summed E-state index contributed by atoms with van der Waals surface area (Å²) in [6, 6.07) is 13.0. The number of rotatable bonds is 6. The summed E-state index contributed by atoms with van der Waals surface area (Å²) in [5, 5.41) is 4.62. The number of quaternary nitrogens is 1. The van der Waals surface area contributed by atoms with Gasteiger partial charge in [-0.05, 0) is 38.1 Å². The molecule has 6 heteroatoms. The van der Waals surface area contributed by atoms with Crippen molar-refractivity contribution in [2.24, 2.45) is 0 Å². The van der Waals surface area contributed by atoms with Crippen LogP contribution in [0.3, 0.4) is 0 Å². The molecule has 0 spiro atoms. The number of anilines is 1. The third-order valence-electron chi connectivity index (χ3n) is 4.99. The highest BCUT2D eigenvalue weighted by Crippen LogP contribution is 2.36. The second kappa shape index (κ2) is 8.30. The van der Waals surface area contributed by atoms with Gasteiger partial charge < -0.3 is 15.1 Å². The van der Waals surface area contributed by atoms with E-state index in [1.807, 2.05) is 41.3 Å². The average Bonchev–Trinajstić information content (AvgIpc) is 2.64. The highest BCUT2D eigenvalue weighted by Gasteiger charge is 2.34. The fourth-order valence-corrected chi connectivity index (χ4v) is 3.89. The van der Waals surface area contributed by atoms with Crippen LogP contribution in [-0.2, 0) is 0 Å². The van der Waals surface area contributed by atoms with Gasteiger partial charge in [0, 0.05) is 21.3 Å². The van der Waals surface area contributed by atoms with Crippen LogP contribution >= 0.6 is 23.2 Å². The molecule has 0 radical (unpaired) electrons. The quantitative estimate of drug-likeness (QED) is 0.789. The molecule has 0 saturated heterocycles. The Labute approximate surface area is 164 Å². The third-order valence-corrected chi connectivity index (χ3v) is 5.55. The zero-order valence-corrected chi connectivity index (χ0v) is 16.6. The van der Waals surface area contributed by atoms with E-state index >= 15 is 0 Å². The molecule has 2 N–H and O–H groups in total. The number of hydrogen-bond acceptors (Lipinski definition) is 2. The number of nitrogens with zero attached hydrogens (tertiary/aromatic N) is 1. The fourth-order valence-electron chi connectivity index (χ4n) is 3.37. The monoisotopic (exact) mass is 392 g/mol. The van der Waals surface area contributed by atoms with Crippen molar-refractivity contribution in [3.8, 4) is 0 Å². The fraction of sp³-hybridized carbons (Fsp3) is 0.350. The first-order valence-electron chi connectivity index (χ1n) is 9.00. The Bertz CT molecular complexity index is 792. The molecule has 1 amide bonds. The normalized spacial score (nSPS) is 16.6. The van der Waals surface area contributed by atoms with E-state index in [0.717, 1.165) is 30.9 Å². The van der Waals surface area contributed by atoms with Crippen LogP contribution in [0.2, 0.25) is 10.0 Å². The number of likely N-dealkylation sites (N-methyl/N-ethyl adjacent to an activating group) is 1. The van der Waals surface area contributed by atoms with E-state index in [-0.39, 0.29) is 12.1 Å². The van der Waals surface area contributed by atoms with E-state index in [1.165, 1.54) is 4.90 Å². The van der Waals surface area contributed by atoms with Gasteiger partial charge in [-0.3, -0.25) is 4.79 Å². The van der Waals surface area contributed by atoms with Crippen LogP contribution in [0.1, 0.15) is 35.9 Å². The Morgan fingerprint density at radius 3 is 2.54 bits per heavy atom. The molecule has 2 aromatic rings. The smallest absolute Gasteiger partial charge is 0.258 e. The van der Waals surface area contributed by atoms with E-state index in [1.54, 1.807) is 6.07 Å². The second-order valence-corrected chi connectivity index (χ2v) is 7.31. The number of fused-ring (bicyclic) bond motifs is 1. The molecule has 3 rings (SSSR count). The van der Waals surface area contributed by atoms with Gasteiger partial charge in [0.05, 0.1) is 31.7 Å². The van der Waals surface area contributed by atoms with Crippen molar-refractivity contribution in [2.45, 2.75) is 20.0 Å². The summed E-state index contributed by atoms with van der Waals surface area (Å²) in [5.74, 6) is 0.0296. The van der Waals surface area contributed by atoms with Gasteiger partial charge >= 0.3 is 0 Å². The van der Waals surface area contributed by atoms with Gasteiger partial charge in [-0.25, -0.2) is 0 Å². The predicted octanol–water partition coefficient (Wildman–Crippen LogP) is 3.48. The standard InChI is InChI=1S/C20H23Cl2N3O/c1-3-24(4-2)11-12-25-19(15-10-9-14(21)13-17(15)22)23-18-8-6-5-7-16(18)20(25)26/h5-10,13,19,23H,3-4,11-12H2,1-2H3/p+1/t19-/m0/s1. The number of carbonyl (C=O) groups excluding carboxylic acids is 1. The SMILES string of the molecule is CC[NH+](CC)CCN1C(=O)c2ccccc2N[C@@H]1c1ccc(Cl)cc1Cl. The molecule has 0 aliphatic carbocycles. The molecule has 26 heavy (non-hydrogen) atoms. The Hall–Kier alpha value is -1.75. The Kier molecular flexibility index (Phi) is 6.07. The van der Waals surface area contributed by atoms with Crippen molar-refractivity contribution in [3.05, 3.63) is 63.6 Å². The van der Waals surface area contributed by atoms with E-state index < -0.39 is 0 Å². The van der Waals surface area contributed by atoms with Gasteiger partial charge in [-0.2, -0.15) is 0 Å². The number of nitrogens with one attached hydrogen (secondary N) is 2. The van der Waals surface area contributed by atoms with Crippen LogP contribution < -0.4 is 10.2 Å². The molecule has 2 aromatic carbocycles. The highest BCUT2D eigenvalue weighted by molar-refractivity contribution is 6.35. The Morgan fingerprint density at radius 1 is 1.12 bits per heavy atom. The van der Waals surface area contributed by atoms with Crippen LogP contribution in [0, 0.1) is 0 Å².